The number of amides is 1. The van der Waals surface area contributed by atoms with E-state index in [-0.39, 0.29) is 25.4 Å². The predicted molar refractivity (Wildman–Crippen MR) is 160 cm³/mol. The Morgan fingerprint density at radius 1 is 1.10 bits per heavy atom. The molecule has 1 saturated heterocycles. The number of carbonyl (C=O) groups is 1. The van der Waals surface area contributed by atoms with Crippen molar-refractivity contribution in [3.8, 4) is 17.0 Å². The topological polar surface area (TPSA) is 91.7 Å². The SMILES string of the molecule is C.CNC1CN(C(=O)c2ccc(Nc3ncc4c(n3)-c3ccc(Cl)cc3C(c3c(F)cccc3OC)=NC4)cc2)C1. The fourth-order valence-electron chi connectivity index (χ4n) is 4.94. The first-order chi connectivity index (χ1) is 19.4. The van der Waals surface area contributed by atoms with Crippen LogP contribution in [0.1, 0.15) is 34.5 Å². The van der Waals surface area contributed by atoms with E-state index >= 15 is 4.39 Å². The number of likely N-dealkylation sites (N-methyl/N-ethyl adjacent to an activating group) is 1. The minimum atomic E-state index is -0.443. The molecule has 4 aromatic rings. The number of hydrogen-bond acceptors (Lipinski definition) is 7. The summed E-state index contributed by atoms with van der Waals surface area (Å²) in [5.74, 6) is 0.324. The molecular weight excluding hydrogens is 543 g/mol. The van der Waals surface area contributed by atoms with Gasteiger partial charge in [-0.2, -0.15) is 0 Å². The molecule has 210 valence electrons. The van der Waals surface area contributed by atoms with Crippen LogP contribution >= 0.6 is 11.6 Å². The lowest BCUT2D eigenvalue weighted by Crippen LogP contribution is -2.58. The van der Waals surface area contributed by atoms with Crippen molar-refractivity contribution in [2.24, 2.45) is 4.99 Å². The van der Waals surface area contributed by atoms with E-state index in [1.165, 1.54) is 13.2 Å². The van der Waals surface area contributed by atoms with Gasteiger partial charge in [0.05, 0.1) is 30.6 Å². The molecule has 1 aromatic heterocycles. The van der Waals surface area contributed by atoms with E-state index in [9.17, 15) is 4.79 Å². The maximum atomic E-state index is 15.1. The normalized spacial score (nSPS) is 14.0. The second kappa shape index (κ2) is 11.6. The van der Waals surface area contributed by atoms with E-state index in [0.717, 1.165) is 16.8 Å². The van der Waals surface area contributed by atoms with E-state index in [1.54, 1.807) is 42.6 Å². The molecule has 8 nitrogen and oxygen atoms in total. The molecule has 6 rings (SSSR count). The van der Waals surface area contributed by atoms with Gasteiger partial charge in [0.25, 0.3) is 5.91 Å². The molecule has 0 aliphatic carbocycles. The fourth-order valence-corrected chi connectivity index (χ4v) is 5.11. The highest BCUT2D eigenvalue weighted by atomic mass is 35.5. The smallest absolute Gasteiger partial charge is 0.253 e. The summed E-state index contributed by atoms with van der Waals surface area (Å²) >= 11 is 6.39. The number of halogens is 2. The van der Waals surface area contributed by atoms with Crippen molar-refractivity contribution in [1.29, 1.82) is 0 Å². The second-order valence-electron chi connectivity index (χ2n) is 9.64. The van der Waals surface area contributed by atoms with Crippen molar-refractivity contribution in [2.75, 3.05) is 32.6 Å². The summed E-state index contributed by atoms with van der Waals surface area (Å²) in [6.07, 6.45) is 1.72. The molecule has 0 saturated carbocycles. The van der Waals surface area contributed by atoms with Gasteiger partial charge < -0.3 is 20.3 Å². The summed E-state index contributed by atoms with van der Waals surface area (Å²) in [5.41, 5.74) is 4.92. The molecule has 2 N–H and O–H groups in total. The summed E-state index contributed by atoms with van der Waals surface area (Å²) in [7, 11) is 3.40. The van der Waals surface area contributed by atoms with Crippen LogP contribution < -0.4 is 15.4 Å². The number of benzene rings is 3. The Balaban J connectivity index is 0.00000337. The molecule has 0 unspecified atom stereocenters. The number of anilines is 2. The van der Waals surface area contributed by atoms with Crippen LogP contribution in [-0.2, 0) is 6.54 Å². The summed E-state index contributed by atoms with van der Waals surface area (Å²) in [6.45, 7) is 1.66. The fraction of sp³-hybridized carbons (Fsp3) is 0.226. The average molecular weight is 573 g/mol. The molecule has 1 fully saturated rings. The number of nitrogens with one attached hydrogen (secondary N) is 2. The molecule has 0 radical (unpaired) electrons. The molecule has 2 aliphatic rings. The number of methoxy groups -OCH3 is 1. The molecule has 0 bridgehead atoms. The van der Waals surface area contributed by atoms with Crippen LogP contribution in [0.25, 0.3) is 11.3 Å². The molecule has 3 aromatic carbocycles. The highest BCUT2D eigenvalue weighted by Crippen LogP contribution is 2.36. The molecule has 2 aliphatic heterocycles. The third-order valence-electron chi connectivity index (χ3n) is 7.16. The Hall–Kier alpha value is -4.34. The number of rotatable bonds is 6. The van der Waals surface area contributed by atoms with Gasteiger partial charge in [-0.15, -0.1) is 0 Å². The van der Waals surface area contributed by atoms with Gasteiger partial charge in [0.15, 0.2) is 0 Å². The van der Waals surface area contributed by atoms with Gasteiger partial charge in [0.1, 0.15) is 11.6 Å². The average Bonchev–Trinajstić information content (AvgIpc) is 3.09. The lowest BCUT2D eigenvalue weighted by Gasteiger charge is -2.39. The highest BCUT2D eigenvalue weighted by molar-refractivity contribution is 6.31. The third kappa shape index (κ3) is 5.38. The van der Waals surface area contributed by atoms with Crippen LogP contribution in [0.4, 0.5) is 16.0 Å². The van der Waals surface area contributed by atoms with Crippen molar-refractivity contribution < 1.29 is 13.9 Å². The zero-order chi connectivity index (χ0) is 27.8. The molecule has 41 heavy (non-hydrogen) atoms. The van der Waals surface area contributed by atoms with Crippen molar-refractivity contribution in [2.45, 2.75) is 20.0 Å². The Labute approximate surface area is 243 Å². The third-order valence-corrected chi connectivity index (χ3v) is 7.40. The van der Waals surface area contributed by atoms with Gasteiger partial charge >= 0.3 is 0 Å². The van der Waals surface area contributed by atoms with Crippen molar-refractivity contribution >= 4 is 34.9 Å². The molecule has 0 atom stereocenters. The predicted octanol–water partition coefficient (Wildman–Crippen LogP) is 5.72. The van der Waals surface area contributed by atoms with E-state index < -0.39 is 5.82 Å². The Kier molecular flexibility index (Phi) is 8.01. The van der Waals surface area contributed by atoms with E-state index in [0.29, 0.717) is 58.4 Å². The van der Waals surface area contributed by atoms with Crippen molar-refractivity contribution in [3.63, 3.8) is 0 Å². The van der Waals surface area contributed by atoms with Gasteiger partial charge in [-0.1, -0.05) is 31.2 Å². The summed E-state index contributed by atoms with van der Waals surface area (Å²) in [4.78, 5) is 28.6. The van der Waals surface area contributed by atoms with Gasteiger partial charge in [-0.05, 0) is 55.6 Å². The first-order valence-electron chi connectivity index (χ1n) is 12.8. The monoisotopic (exact) mass is 572 g/mol. The maximum absolute atomic E-state index is 15.1. The summed E-state index contributed by atoms with van der Waals surface area (Å²) < 4.78 is 20.6. The van der Waals surface area contributed by atoms with E-state index in [2.05, 4.69) is 15.6 Å². The Bertz CT molecular complexity index is 1640. The zero-order valence-electron chi connectivity index (χ0n) is 21.9. The highest BCUT2D eigenvalue weighted by Gasteiger charge is 2.30. The van der Waals surface area contributed by atoms with Gasteiger partial charge in [-0.3, -0.25) is 9.79 Å². The number of likely N-dealkylation sites (tertiary alicyclic amines) is 1. The molecule has 0 spiro atoms. The Morgan fingerprint density at radius 3 is 2.61 bits per heavy atom. The minimum Gasteiger partial charge on any atom is -0.496 e. The first-order valence-corrected chi connectivity index (χ1v) is 13.2. The lowest BCUT2D eigenvalue weighted by molar-refractivity contribution is 0.0577. The number of hydrogen-bond donors (Lipinski definition) is 2. The van der Waals surface area contributed by atoms with Crippen LogP contribution in [0.15, 0.2) is 71.9 Å². The lowest BCUT2D eigenvalue weighted by atomic mass is 9.94. The summed E-state index contributed by atoms with van der Waals surface area (Å²) in [5, 5.41) is 6.89. The van der Waals surface area contributed by atoms with Gasteiger partial charge in [0, 0.05) is 58.3 Å². The summed E-state index contributed by atoms with van der Waals surface area (Å²) in [6, 6.07) is 17.7. The maximum Gasteiger partial charge on any atom is 0.253 e. The van der Waals surface area contributed by atoms with Crippen molar-refractivity contribution in [3.05, 3.63) is 100.0 Å². The van der Waals surface area contributed by atoms with Crippen LogP contribution in [0, 0.1) is 5.82 Å². The van der Waals surface area contributed by atoms with Crippen LogP contribution in [0.3, 0.4) is 0 Å². The van der Waals surface area contributed by atoms with E-state index in [4.69, 9.17) is 26.3 Å². The van der Waals surface area contributed by atoms with Gasteiger partial charge in [-0.25, -0.2) is 14.4 Å². The Morgan fingerprint density at radius 2 is 1.88 bits per heavy atom. The number of fused-ring (bicyclic) bond motifs is 3. The molecular formula is C31H30ClFN6O2. The number of ether oxygens (including phenoxy) is 1. The number of nitrogens with zero attached hydrogens (tertiary/aromatic N) is 4. The first kappa shape index (κ1) is 28.2. The second-order valence-corrected chi connectivity index (χ2v) is 10.1. The number of aliphatic imine (C=N–C) groups is 1. The quantitative estimate of drug-likeness (QED) is 0.307. The van der Waals surface area contributed by atoms with Crippen molar-refractivity contribution in [1.82, 2.24) is 20.2 Å². The minimum absolute atomic E-state index is 0. The van der Waals surface area contributed by atoms with Crippen LogP contribution in [-0.4, -0.2) is 59.8 Å². The number of carbonyl (C=O) groups excluding carboxylic acids is 1. The standard InChI is InChI=1S/C30H26ClFN6O2.CH4/c1-33-21-15-38(16-21)29(39)17-6-9-20(10-7-17)36-30-35-14-18-13-34-28(26-24(32)4-3-5-25(26)40-2)23-12-19(31)8-11-22(23)27(18)37-30;/h3-12,14,21,33H,13,15-16H2,1-2H3,(H,35,36,37);1H4. The number of aromatic nitrogens is 2. The van der Waals surface area contributed by atoms with Crippen LogP contribution in [0.2, 0.25) is 5.02 Å². The molecule has 1 amide bonds. The zero-order valence-corrected chi connectivity index (χ0v) is 22.7. The molecule has 10 heteroatoms. The largest absolute Gasteiger partial charge is 0.496 e. The van der Waals surface area contributed by atoms with E-state index in [1.807, 2.05) is 30.1 Å². The molecule has 3 heterocycles. The van der Waals surface area contributed by atoms with Gasteiger partial charge in [0.2, 0.25) is 5.95 Å². The van der Waals surface area contributed by atoms with Crippen LogP contribution in [0.5, 0.6) is 5.75 Å².